The summed E-state index contributed by atoms with van der Waals surface area (Å²) in [6, 6.07) is 6.26. The number of carbonyl (C=O) groups excluding carboxylic acids is 2. The highest BCUT2D eigenvalue weighted by Crippen LogP contribution is 2.50. The summed E-state index contributed by atoms with van der Waals surface area (Å²) in [7, 11) is 4.63. The van der Waals surface area contributed by atoms with Crippen LogP contribution in [0.15, 0.2) is 29.1 Å². The van der Waals surface area contributed by atoms with Crippen LogP contribution in [0.1, 0.15) is 40.9 Å². The van der Waals surface area contributed by atoms with E-state index in [1.807, 2.05) is 6.07 Å². The van der Waals surface area contributed by atoms with Crippen LogP contribution >= 0.6 is 0 Å². The molecule has 186 valence electrons. The van der Waals surface area contributed by atoms with Crippen molar-refractivity contribution in [3.05, 3.63) is 51.2 Å². The van der Waals surface area contributed by atoms with Gasteiger partial charge in [0.05, 0.1) is 46.1 Å². The predicted octanol–water partition coefficient (Wildman–Crippen LogP) is 2.34. The summed E-state index contributed by atoms with van der Waals surface area (Å²) in [5.41, 5.74) is 2.65. The summed E-state index contributed by atoms with van der Waals surface area (Å²) >= 11 is 0. The van der Waals surface area contributed by atoms with E-state index in [1.165, 1.54) is 20.1 Å². The van der Waals surface area contributed by atoms with Crippen LogP contribution < -0.4 is 25.0 Å². The third-order valence-corrected chi connectivity index (χ3v) is 6.44. The molecule has 1 N–H and O–H groups in total. The Balaban J connectivity index is 1.97. The smallest absolute Gasteiger partial charge is 0.257 e. The Morgan fingerprint density at radius 1 is 1.03 bits per heavy atom. The Morgan fingerprint density at radius 2 is 1.74 bits per heavy atom. The first-order valence-electron chi connectivity index (χ1n) is 11.5. The number of nitrogens with zero attached hydrogens (tertiary/aromatic N) is 1. The van der Waals surface area contributed by atoms with Crippen molar-refractivity contribution in [2.75, 3.05) is 47.6 Å². The minimum absolute atomic E-state index is 0.0718. The number of ether oxygens (including phenoxy) is 4. The zero-order chi connectivity index (χ0) is 25.1. The van der Waals surface area contributed by atoms with Gasteiger partial charge in [-0.15, -0.1) is 0 Å². The lowest BCUT2D eigenvalue weighted by atomic mass is 9.95. The molecule has 4 rings (SSSR count). The van der Waals surface area contributed by atoms with Crippen molar-refractivity contribution in [1.29, 1.82) is 0 Å². The maximum Gasteiger partial charge on any atom is 0.257 e. The van der Waals surface area contributed by atoms with Crippen molar-refractivity contribution in [3.63, 3.8) is 0 Å². The number of hydrogen-bond acceptors (Lipinski definition) is 7. The van der Waals surface area contributed by atoms with Gasteiger partial charge in [0.15, 0.2) is 16.9 Å². The fourth-order valence-electron chi connectivity index (χ4n) is 4.82. The molecule has 0 saturated carbocycles. The number of benzene rings is 1. The first-order chi connectivity index (χ1) is 16.9. The lowest BCUT2D eigenvalue weighted by Gasteiger charge is -2.26. The average Bonchev–Trinajstić information content (AvgIpc) is 3.11. The maximum absolute atomic E-state index is 13.3. The molecule has 1 atom stereocenters. The summed E-state index contributed by atoms with van der Waals surface area (Å²) < 4.78 is 22.3. The molecule has 1 saturated heterocycles. The lowest BCUT2D eigenvalue weighted by molar-refractivity contribution is -0.119. The average molecular weight is 483 g/mol. The van der Waals surface area contributed by atoms with E-state index >= 15 is 0 Å². The van der Waals surface area contributed by atoms with Gasteiger partial charge in [-0.25, -0.2) is 0 Å². The number of fused-ring (bicyclic) bond motifs is 3. The highest BCUT2D eigenvalue weighted by molar-refractivity contribution is 5.95. The molecule has 0 radical (unpaired) electrons. The molecular weight excluding hydrogens is 452 g/mol. The van der Waals surface area contributed by atoms with E-state index in [0.29, 0.717) is 67.5 Å². The van der Waals surface area contributed by atoms with Crippen molar-refractivity contribution in [3.8, 4) is 28.4 Å². The third-order valence-electron chi connectivity index (χ3n) is 6.44. The summed E-state index contributed by atoms with van der Waals surface area (Å²) in [6.07, 6.45) is 1.15. The van der Waals surface area contributed by atoms with Gasteiger partial charge in [-0.05, 0) is 47.7 Å². The topological polar surface area (TPSA) is 103 Å². The Kier molecular flexibility index (Phi) is 7.25. The number of aryl methyl sites for hydroxylation is 1. The van der Waals surface area contributed by atoms with E-state index in [-0.39, 0.29) is 17.4 Å². The van der Waals surface area contributed by atoms with Gasteiger partial charge in [0.2, 0.25) is 11.7 Å². The number of hydrogen-bond donors (Lipinski definition) is 1. The number of morpholine rings is 1. The molecule has 9 heteroatoms. The normalized spacial score (nSPS) is 16.9. The molecule has 0 bridgehead atoms. The number of carbonyl (C=O) groups is 2. The van der Waals surface area contributed by atoms with Crippen LogP contribution in [0.25, 0.3) is 11.1 Å². The van der Waals surface area contributed by atoms with Gasteiger partial charge in [-0.3, -0.25) is 14.4 Å². The summed E-state index contributed by atoms with van der Waals surface area (Å²) in [5, 5.41) is 2.97. The second-order valence-corrected chi connectivity index (χ2v) is 8.50. The van der Waals surface area contributed by atoms with E-state index in [0.717, 1.165) is 11.1 Å². The standard InChI is InChI=1S/C26H30N2O7/c1-15(29)27-20-8-5-16-13-22(32-2)24(33-3)25(34-4)23(16)17-6-7-18(21(30)14-19(17)20)26(31)28-9-11-35-12-10-28/h6-7,13-14,20H,5,8-12H2,1-4H3,(H,27,29). The maximum atomic E-state index is 13.3. The van der Waals surface area contributed by atoms with Crippen LogP contribution in [0.3, 0.4) is 0 Å². The van der Waals surface area contributed by atoms with E-state index in [2.05, 4.69) is 5.32 Å². The second-order valence-electron chi connectivity index (χ2n) is 8.50. The molecule has 35 heavy (non-hydrogen) atoms. The molecule has 0 spiro atoms. The monoisotopic (exact) mass is 482 g/mol. The van der Waals surface area contributed by atoms with E-state index in [9.17, 15) is 14.4 Å². The van der Waals surface area contributed by atoms with Gasteiger partial charge in [-0.2, -0.15) is 0 Å². The largest absolute Gasteiger partial charge is 0.493 e. The first kappa shape index (κ1) is 24.5. The van der Waals surface area contributed by atoms with Crippen molar-refractivity contribution in [2.24, 2.45) is 0 Å². The third kappa shape index (κ3) is 4.68. The zero-order valence-electron chi connectivity index (χ0n) is 20.4. The van der Waals surface area contributed by atoms with Gasteiger partial charge in [0.25, 0.3) is 5.91 Å². The van der Waals surface area contributed by atoms with Crippen molar-refractivity contribution in [2.45, 2.75) is 25.8 Å². The molecule has 1 unspecified atom stereocenters. The van der Waals surface area contributed by atoms with Crippen LogP contribution in [-0.4, -0.2) is 64.3 Å². The summed E-state index contributed by atoms with van der Waals surface area (Å²) in [5.74, 6) is 0.870. The molecule has 2 aliphatic rings. The molecule has 1 aliphatic heterocycles. The quantitative estimate of drug-likeness (QED) is 0.698. The van der Waals surface area contributed by atoms with Crippen molar-refractivity contribution in [1.82, 2.24) is 10.2 Å². The first-order valence-corrected chi connectivity index (χ1v) is 11.5. The molecule has 1 fully saturated rings. The lowest BCUT2D eigenvalue weighted by Crippen LogP contribution is -2.42. The van der Waals surface area contributed by atoms with Crippen molar-refractivity contribution < 1.29 is 28.5 Å². The van der Waals surface area contributed by atoms with Crippen LogP contribution in [0, 0.1) is 0 Å². The Morgan fingerprint density at radius 3 is 2.37 bits per heavy atom. The predicted molar refractivity (Wildman–Crippen MR) is 129 cm³/mol. The molecule has 2 aromatic carbocycles. The fourth-order valence-corrected chi connectivity index (χ4v) is 4.82. The van der Waals surface area contributed by atoms with Crippen molar-refractivity contribution >= 4 is 11.8 Å². The Labute approximate surface area is 203 Å². The number of nitrogens with one attached hydrogen (secondary N) is 1. The molecule has 9 nitrogen and oxygen atoms in total. The van der Waals surface area contributed by atoms with E-state index in [4.69, 9.17) is 18.9 Å². The SMILES string of the molecule is COc1cc2c(c(OC)c1OC)-c1ccc(C(=O)N3CCOCC3)c(=O)cc1C(NC(C)=O)CC2. The second kappa shape index (κ2) is 10.4. The van der Waals surface area contributed by atoms with Crippen LogP contribution in [0.5, 0.6) is 17.2 Å². The number of methoxy groups -OCH3 is 3. The van der Waals surface area contributed by atoms with Crippen LogP contribution in [-0.2, 0) is 16.0 Å². The number of amides is 2. The molecule has 0 aromatic heterocycles. The van der Waals surface area contributed by atoms with E-state index in [1.54, 1.807) is 31.3 Å². The van der Waals surface area contributed by atoms with Crippen LogP contribution in [0.2, 0.25) is 0 Å². The summed E-state index contributed by atoms with van der Waals surface area (Å²) in [4.78, 5) is 40.2. The number of rotatable bonds is 5. The highest BCUT2D eigenvalue weighted by atomic mass is 16.5. The Hall–Kier alpha value is -3.59. The minimum Gasteiger partial charge on any atom is -0.493 e. The van der Waals surface area contributed by atoms with E-state index < -0.39 is 11.5 Å². The van der Waals surface area contributed by atoms with Crippen LogP contribution in [0.4, 0.5) is 0 Å². The molecular formula is C26H30N2O7. The molecule has 2 aromatic rings. The fraction of sp³-hybridized carbons (Fsp3) is 0.423. The van der Waals surface area contributed by atoms with Gasteiger partial charge in [0.1, 0.15) is 0 Å². The molecule has 1 aliphatic carbocycles. The minimum atomic E-state index is -0.428. The zero-order valence-corrected chi connectivity index (χ0v) is 20.4. The van der Waals surface area contributed by atoms with Gasteiger partial charge >= 0.3 is 0 Å². The summed E-state index contributed by atoms with van der Waals surface area (Å²) in [6.45, 7) is 3.18. The van der Waals surface area contributed by atoms with Gasteiger partial charge in [0, 0.05) is 25.6 Å². The highest BCUT2D eigenvalue weighted by Gasteiger charge is 2.30. The molecule has 1 heterocycles. The Bertz CT molecular complexity index is 1210. The van der Waals surface area contributed by atoms with Gasteiger partial charge < -0.3 is 29.2 Å². The van der Waals surface area contributed by atoms with Gasteiger partial charge in [-0.1, -0.05) is 6.07 Å². The molecule has 2 amide bonds.